The Balaban J connectivity index is 1.51. The smallest absolute Gasteiger partial charge is 0.379 e. The first kappa shape index (κ1) is 23.8. The summed E-state index contributed by atoms with van der Waals surface area (Å²) in [6.45, 7) is 2.53. The highest BCUT2D eigenvalue weighted by molar-refractivity contribution is 5.90. The normalized spacial score (nSPS) is 13.7. The third-order valence-electron chi connectivity index (χ3n) is 5.74. The van der Waals surface area contributed by atoms with Crippen molar-refractivity contribution in [2.75, 3.05) is 38.3 Å². The standard InChI is InChI=1S/C27H23N5O5/c1-34-24-17-19(9-10-22(24)37-26(33)23-8-5-13-36-23)16-20(18-28)25-29-30-27(31-11-14-35-15-12-31)32(25)21-6-3-2-4-7-21/h2-10,13,16-17H,11-12,14-15H2,1H3/b20-16-. The number of ether oxygens (including phenoxy) is 3. The summed E-state index contributed by atoms with van der Waals surface area (Å²) < 4.78 is 23.3. The van der Waals surface area contributed by atoms with E-state index in [2.05, 4.69) is 21.2 Å². The number of esters is 1. The largest absolute Gasteiger partial charge is 0.493 e. The number of morpholine rings is 1. The molecule has 0 saturated carbocycles. The van der Waals surface area contributed by atoms with Crippen LogP contribution in [0, 0.1) is 11.3 Å². The second kappa shape index (κ2) is 10.8. The predicted octanol–water partition coefficient (Wildman–Crippen LogP) is 3.99. The lowest BCUT2D eigenvalue weighted by Gasteiger charge is -2.28. The number of methoxy groups -OCH3 is 1. The van der Waals surface area contributed by atoms with Gasteiger partial charge in [0, 0.05) is 13.1 Å². The molecule has 0 bridgehead atoms. The van der Waals surface area contributed by atoms with E-state index in [0.29, 0.717) is 55.0 Å². The number of aromatic nitrogens is 3. The number of nitrogens with zero attached hydrogens (tertiary/aromatic N) is 5. The molecule has 1 aliphatic rings. The number of anilines is 1. The number of hydrogen-bond acceptors (Lipinski definition) is 9. The van der Waals surface area contributed by atoms with Gasteiger partial charge in [-0.3, -0.25) is 4.57 Å². The summed E-state index contributed by atoms with van der Waals surface area (Å²) in [6, 6.07) is 20.0. The number of carbonyl (C=O) groups is 1. The van der Waals surface area contributed by atoms with E-state index in [0.717, 1.165) is 5.69 Å². The molecule has 0 spiro atoms. The SMILES string of the molecule is COc1cc(/C=C(/C#N)c2nnc(N3CCOCC3)n2-c2ccccc2)ccc1OC(=O)c1ccco1. The summed E-state index contributed by atoms with van der Waals surface area (Å²) in [5.41, 5.74) is 1.79. The van der Waals surface area contributed by atoms with E-state index in [1.807, 2.05) is 34.9 Å². The van der Waals surface area contributed by atoms with Gasteiger partial charge >= 0.3 is 5.97 Å². The molecule has 2 aromatic heterocycles. The molecule has 10 nitrogen and oxygen atoms in total. The fourth-order valence-electron chi connectivity index (χ4n) is 3.95. The summed E-state index contributed by atoms with van der Waals surface area (Å²) in [6.07, 6.45) is 3.08. The van der Waals surface area contributed by atoms with Crippen LogP contribution in [0.4, 0.5) is 5.95 Å². The summed E-state index contributed by atoms with van der Waals surface area (Å²) in [5, 5.41) is 18.9. The van der Waals surface area contributed by atoms with Crippen molar-refractivity contribution in [3.63, 3.8) is 0 Å². The number of furan rings is 1. The summed E-state index contributed by atoms with van der Waals surface area (Å²) in [4.78, 5) is 14.4. The minimum Gasteiger partial charge on any atom is -0.493 e. The lowest BCUT2D eigenvalue weighted by molar-refractivity contribution is 0.0696. The van der Waals surface area contributed by atoms with E-state index < -0.39 is 5.97 Å². The quantitative estimate of drug-likeness (QED) is 0.212. The maximum absolute atomic E-state index is 12.3. The van der Waals surface area contributed by atoms with Crippen LogP contribution in [0.5, 0.6) is 11.5 Å². The van der Waals surface area contributed by atoms with Crippen LogP contribution in [0.15, 0.2) is 71.3 Å². The monoisotopic (exact) mass is 497 g/mol. The van der Waals surface area contributed by atoms with Crippen molar-refractivity contribution in [2.24, 2.45) is 0 Å². The fraction of sp³-hybridized carbons (Fsp3) is 0.185. The van der Waals surface area contributed by atoms with Crippen LogP contribution in [-0.2, 0) is 4.74 Å². The molecule has 4 aromatic rings. The molecule has 0 atom stereocenters. The third kappa shape index (κ3) is 5.07. The van der Waals surface area contributed by atoms with Gasteiger partial charge in [-0.2, -0.15) is 5.26 Å². The van der Waals surface area contributed by atoms with Gasteiger partial charge in [-0.25, -0.2) is 4.79 Å². The van der Waals surface area contributed by atoms with Crippen molar-refractivity contribution in [1.82, 2.24) is 14.8 Å². The van der Waals surface area contributed by atoms with Crippen LogP contribution in [0.25, 0.3) is 17.3 Å². The first-order valence-corrected chi connectivity index (χ1v) is 11.6. The number of para-hydroxylation sites is 1. The van der Waals surface area contributed by atoms with Crippen molar-refractivity contribution in [2.45, 2.75) is 0 Å². The Kier molecular flexibility index (Phi) is 6.96. The first-order chi connectivity index (χ1) is 18.2. The van der Waals surface area contributed by atoms with Crippen LogP contribution >= 0.6 is 0 Å². The molecule has 0 radical (unpaired) electrons. The summed E-state index contributed by atoms with van der Waals surface area (Å²) in [7, 11) is 1.47. The second-order valence-corrected chi connectivity index (χ2v) is 8.04. The van der Waals surface area contributed by atoms with E-state index in [1.54, 1.807) is 30.3 Å². The van der Waals surface area contributed by atoms with Gasteiger partial charge in [0.1, 0.15) is 6.07 Å². The fourth-order valence-corrected chi connectivity index (χ4v) is 3.95. The topological polar surface area (TPSA) is 116 Å². The molecular formula is C27H23N5O5. The highest BCUT2D eigenvalue weighted by Crippen LogP contribution is 2.31. The number of rotatable bonds is 7. The van der Waals surface area contributed by atoms with Gasteiger partial charge in [-0.05, 0) is 48.0 Å². The Hall–Kier alpha value is -4.88. The van der Waals surface area contributed by atoms with E-state index in [9.17, 15) is 10.1 Å². The van der Waals surface area contributed by atoms with Crippen LogP contribution in [0.2, 0.25) is 0 Å². The third-order valence-corrected chi connectivity index (χ3v) is 5.74. The van der Waals surface area contributed by atoms with Gasteiger partial charge in [0.05, 0.1) is 37.8 Å². The lowest BCUT2D eigenvalue weighted by Crippen LogP contribution is -2.38. The lowest BCUT2D eigenvalue weighted by atomic mass is 10.1. The highest BCUT2D eigenvalue weighted by atomic mass is 16.6. The molecule has 0 unspecified atom stereocenters. The molecule has 10 heteroatoms. The summed E-state index contributed by atoms with van der Waals surface area (Å²) >= 11 is 0. The Labute approximate surface area is 212 Å². The van der Waals surface area contributed by atoms with E-state index in [1.165, 1.54) is 19.4 Å². The van der Waals surface area contributed by atoms with Gasteiger partial charge in [0.25, 0.3) is 0 Å². The molecule has 2 aromatic carbocycles. The van der Waals surface area contributed by atoms with Crippen molar-refractivity contribution in [1.29, 1.82) is 5.26 Å². The minimum absolute atomic E-state index is 0.0779. The van der Waals surface area contributed by atoms with Crippen LogP contribution < -0.4 is 14.4 Å². The second-order valence-electron chi connectivity index (χ2n) is 8.04. The number of carbonyl (C=O) groups excluding carboxylic acids is 1. The first-order valence-electron chi connectivity index (χ1n) is 11.6. The highest BCUT2D eigenvalue weighted by Gasteiger charge is 2.23. The zero-order chi connectivity index (χ0) is 25.6. The van der Waals surface area contributed by atoms with E-state index >= 15 is 0 Å². The number of benzene rings is 2. The Morgan fingerprint density at radius 2 is 1.86 bits per heavy atom. The molecule has 3 heterocycles. The number of hydrogen-bond donors (Lipinski definition) is 0. The molecule has 0 N–H and O–H groups in total. The minimum atomic E-state index is -0.643. The van der Waals surface area contributed by atoms with Crippen LogP contribution in [-0.4, -0.2) is 54.1 Å². The van der Waals surface area contributed by atoms with Gasteiger partial charge in [-0.15, -0.1) is 10.2 Å². The predicted molar refractivity (Wildman–Crippen MR) is 135 cm³/mol. The Bertz CT molecular complexity index is 1450. The average Bonchev–Trinajstić information content (AvgIpc) is 3.64. The van der Waals surface area contributed by atoms with E-state index in [-0.39, 0.29) is 11.5 Å². The van der Waals surface area contributed by atoms with Gasteiger partial charge in [-0.1, -0.05) is 24.3 Å². The van der Waals surface area contributed by atoms with Crippen LogP contribution in [0.3, 0.4) is 0 Å². The zero-order valence-electron chi connectivity index (χ0n) is 20.0. The van der Waals surface area contributed by atoms with Crippen molar-refractivity contribution in [3.05, 3.63) is 84.1 Å². The molecule has 186 valence electrons. The Morgan fingerprint density at radius 3 is 2.57 bits per heavy atom. The summed E-state index contributed by atoms with van der Waals surface area (Å²) in [5.74, 6) is 1.03. The molecule has 0 aliphatic carbocycles. The maximum atomic E-state index is 12.3. The number of allylic oxidation sites excluding steroid dienone is 1. The molecule has 1 aliphatic heterocycles. The molecule has 5 rings (SSSR count). The van der Waals surface area contributed by atoms with Gasteiger partial charge < -0.3 is 23.5 Å². The van der Waals surface area contributed by atoms with Gasteiger partial charge in [0.15, 0.2) is 17.3 Å². The number of nitriles is 1. The zero-order valence-corrected chi connectivity index (χ0v) is 20.0. The molecule has 0 amide bonds. The van der Waals surface area contributed by atoms with Crippen molar-refractivity contribution >= 4 is 23.6 Å². The Morgan fingerprint density at radius 1 is 1.05 bits per heavy atom. The maximum Gasteiger partial charge on any atom is 0.379 e. The molecule has 1 fully saturated rings. The molecule has 37 heavy (non-hydrogen) atoms. The van der Waals surface area contributed by atoms with Crippen molar-refractivity contribution < 1.29 is 23.4 Å². The molecular weight excluding hydrogens is 474 g/mol. The van der Waals surface area contributed by atoms with E-state index in [4.69, 9.17) is 18.6 Å². The average molecular weight is 498 g/mol. The molecule has 1 saturated heterocycles. The van der Waals surface area contributed by atoms with Gasteiger partial charge in [0.2, 0.25) is 11.7 Å². The van der Waals surface area contributed by atoms with Crippen LogP contribution in [0.1, 0.15) is 21.9 Å². The van der Waals surface area contributed by atoms with Crippen molar-refractivity contribution in [3.8, 4) is 23.3 Å².